The zero-order valence-corrected chi connectivity index (χ0v) is 23.9. The molecular weight excluding hydrogens is 540 g/mol. The van der Waals surface area contributed by atoms with Crippen LogP contribution in [0.25, 0.3) is 11.3 Å². The van der Waals surface area contributed by atoms with Crippen LogP contribution >= 0.6 is 0 Å². The number of carboxylic acids is 1. The minimum absolute atomic E-state index is 0.0403. The summed E-state index contributed by atoms with van der Waals surface area (Å²) in [6, 6.07) is 14.4. The van der Waals surface area contributed by atoms with Crippen molar-refractivity contribution < 1.29 is 28.2 Å². The van der Waals surface area contributed by atoms with E-state index in [4.69, 9.17) is 14.5 Å². The maximum absolute atomic E-state index is 15.1. The SMILES string of the molecule is Cc1cc(C2CCN(C3COC3)CC2)ccc1COc1c(F)cc(F)cc1-c1cccc(N2CCC(C(=O)O)CC2)n1. The van der Waals surface area contributed by atoms with Crippen molar-refractivity contribution in [2.24, 2.45) is 5.92 Å². The number of hydrogen-bond acceptors (Lipinski definition) is 6. The van der Waals surface area contributed by atoms with E-state index in [1.807, 2.05) is 17.9 Å². The molecule has 1 aromatic heterocycles. The van der Waals surface area contributed by atoms with Crippen LogP contribution in [0.3, 0.4) is 0 Å². The number of rotatable bonds is 8. The fraction of sp³-hybridized carbons (Fsp3) is 0.455. The van der Waals surface area contributed by atoms with Crippen LogP contribution in [0.4, 0.5) is 14.6 Å². The minimum atomic E-state index is -0.780. The molecule has 0 unspecified atom stereocenters. The van der Waals surface area contributed by atoms with Crippen molar-refractivity contribution in [2.75, 3.05) is 44.3 Å². The third kappa shape index (κ3) is 6.13. The van der Waals surface area contributed by atoms with Crippen LogP contribution in [0.5, 0.6) is 5.75 Å². The van der Waals surface area contributed by atoms with E-state index in [0.29, 0.717) is 49.4 Å². The van der Waals surface area contributed by atoms with Gasteiger partial charge in [0.1, 0.15) is 18.2 Å². The van der Waals surface area contributed by atoms with Crippen LogP contribution in [0.2, 0.25) is 0 Å². The summed E-state index contributed by atoms with van der Waals surface area (Å²) in [4.78, 5) is 20.6. The smallest absolute Gasteiger partial charge is 0.306 e. The lowest BCUT2D eigenvalue weighted by Crippen LogP contribution is -2.51. The van der Waals surface area contributed by atoms with Crippen LogP contribution in [0.1, 0.15) is 48.3 Å². The Morgan fingerprint density at radius 3 is 2.45 bits per heavy atom. The number of aliphatic carboxylic acids is 1. The molecule has 4 heterocycles. The second-order valence-electron chi connectivity index (χ2n) is 11.7. The Balaban J connectivity index is 1.15. The van der Waals surface area contributed by atoms with Crippen molar-refractivity contribution in [3.8, 4) is 17.0 Å². The summed E-state index contributed by atoms with van der Waals surface area (Å²) < 4.78 is 40.9. The van der Waals surface area contributed by atoms with Gasteiger partial charge in [-0.3, -0.25) is 9.69 Å². The maximum Gasteiger partial charge on any atom is 0.306 e. The third-order valence-corrected chi connectivity index (χ3v) is 9.06. The Labute approximate surface area is 245 Å². The number of halogens is 2. The summed E-state index contributed by atoms with van der Waals surface area (Å²) in [6.45, 7) is 7.17. The van der Waals surface area contributed by atoms with Crippen LogP contribution in [0.15, 0.2) is 48.5 Å². The fourth-order valence-electron chi connectivity index (χ4n) is 6.32. The highest BCUT2D eigenvalue weighted by Crippen LogP contribution is 2.36. The van der Waals surface area contributed by atoms with Crippen molar-refractivity contribution in [3.63, 3.8) is 0 Å². The lowest BCUT2D eigenvalue weighted by molar-refractivity contribution is -0.142. The molecule has 0 saturated carbocycles. The molecule has 0 atom stereocenters. The Morgan fingerprint density at radius 1 is 1.02 bits per heavy atom. The zero-order chi connectivity index (χ0) is 29.2. The van der Waals surface area contributed by atoms with E-state index in [-0.39, 0.29) is 23.8 Å². The van der Waals surface area contributed by atoms with Crippen molar-refractivity contribution in [1.29, 1.82) is 0 Å². The predicted octanol–water partition coefficient (Wildman–Crippen LogP) is 5.79. The first-order valence-electron chi connectivity index (χ1n) is 14.8. The summed E-state index contributed by atoms with van der Waals surface area (Å²) >= 11 is 0. The zero-order valence-electron chi connectivity index (χ0n) is 23.9. The normalized spacial score (nSPS) is 19.1. The highest BCUT2D eigenvalue weighted by atomic mass is 19.1. The van der Waals surface area contributed by atoms with E-state index in [9.17, 15) is 14.3 Å². The average molecular weight is 578 g/mol. The molecule has 0 radical (unpaired) electrons. The predicted molar refractivity (Wildman–Crippen MR) is 156 cm³/mol. The van der Waals surface area contributed by atoms with Crippen LogP contribution in [-0.4, -0.2) is 66.4 Å². The number of piperidine rings is 2. The summed E-state index contributed by atoms with van der Waals surface area (Å²) in [7, 11) is 0. The highest BCUT2D eigenvalue weighted by molar-refractivity contribution is 5.71. The number of pyridine rings is 1. The van der Waals surface area contributed by atoms with E-state index in [0.717, 1.165) is 56.3 Å². The van der Waals surface area contributed by atoms with Gasteiger partial charge in [-0.25, -0.2) is 13.8 Å². The molecule has 3 aliphatic heterocycles. The minimum Gasteiger partial charge on any atom is -0.485 e. The molecule has 6 rings (SSSR count). The van der Waals surface area contributed by atoms with Gasteiger partial charge in [0.15, 0.2) is 11.6 Å². The number of aryl methyl sites for hydroxylation is 1. The second-order valence-corrected chi connectivity index (χ2v) is 11.7. The van der Waals surface area contributed by atoms with Gasteiger partial charge in [-0.15, -0.1) is 0 Å². The number of aromatic nitrogens is 1. The fourth-order valence-corrected chi connectivity index (χ4v) is 6.32. The van der Waals surface area contributed by atoms with Gasteiger partial charge in [0.25, 0.3) is 0 Å². The quantitative estimate of drug-likeness (QED) is 0.363. The van der Waals surface area contributed by atoms with Crippen molar-refractivity contribution in [3.05, 3.63) is 76.9 Å². The van der Waals surface area contributed by atoms with Gasteiger partial charge in [-0.05, 0) is 86.5 Å². The molecule has 9 heteroatoms. The van der Waals surface area contributed by atoms with E-state index in [2.05, 4.69) is 23.1 Å². The van der Waals surface area contributed by atoms with E-state index in [1.54, 1.807) is 12.1 Å². The number of nitrogens with zero attached hydrogens (tertiary/aromatic N) is 3. The molecule has 3 aliphatic rings. The Hall–Kier alpha value is -3.56. The van der Waals surface area contributed by atoms with Crippen molar-refractivity contribution in [2.45, 2.75) is 51.2 Å². The van der Waals surface area contributed by atoms with E-state index < -0.39 is 17.6 Å². The van der Waals surface area contributed by atoms with Crippen LogP contribution < -0.4 is 9.64 Å². The molecule has 3 saturated heterocycles. The number of carboxylic acid groups (broad SMARTS) is 1. The molecule has 42 heavy (non-hydrogen) atoms. The molecule has 0 spiro atoms. The first-order valence-corrected chi connectivity index (χ1v) is 14.8. The first-order chi connectivity index (χ1) is 20.4. The number of likely N-dealkylation sites (tertiary alicyclic amines) is 1. The molecule has 0 amide bonds. The summed E-state index contributed by atoms with van der Waals surface area (Å²) in [5, 5.41) is 9.30. The Morgan fingerprint density at radius 2 is 1.79 bits per heavy atom. The van der Waals surface area contributed by atoms with Gasteiger partial charge in [-0.1, -0.05) is 24.3 Å². The monoisotopic (exact) mass is 577 g/mol. The topological polar surface area (TPSA) is 75.1 Å². The standard InChI is InChI=1S/C33H37F2N3O4/c1-21-15-24(22-7-11-37(12-8-22)27-19-41-20-27)5-6-25(21)18-42-32-28(16-26(34)17-29(32)35)30-3-2-4-31(36-30)38-13-9-23(10-14-38)33(39)40/h2-6,15-17,22-23,27H,7-14,18-20H2,1H3,(H,39,40). The number of benzene rings is 2. The molecule has 3 aromatic rings. The molecule has 2 aromatic carbocycles. The largest absolute Gasteiger partial charge is 0.485 e. The van der Waals surface area contributed by atoms with E-state index >= 15 is 4.39 Å². The van der Waals surface area contributed by atoms with Crippen LogP contribution in [-0.2, 0) is 16.1 Å². The molecule has 222 valence electrons. The summed E-state index contributed by atoms with van der Waals surface area (Å²) in [5.41, 5.74) is 3.99. The molecule has 3 fully saturated rings. The highest BCUT2D eigenvalue weighted by Gasteiger charge is 2.30. The molecule has 0 aliphatic carbocycles. The Kier molecular flexibility index (Phi) is 8.40. The molecule has 7 nitrogen and oxygen atoms in total. The third-order valence-electron chi connectivity index (χ3n) is 9.06. The molecular formula is C33H37F2N3O4. The van der Waals surface area contributed by atoms with Gasteiger partial charge >= 0.3 is 5.97 Å². The first kappa shape index (κ1) is 28.6. The van der Waals surface area contributed by atoms with Gasteiger partial charge in [0, 0.05) is 24.7 Å². The van der Waals surface area contributed by atoms with Gasteiger partial charge in [0.2, 0.25) is 0 Å². The second kappa shape index (κ2) is 12.4. The van der Waals surface area contributed by atoms with Crippen molar-refractivity contribution in [1.82, 2.24) is 9.88 Å². The average Bonchev–Trinajstić information content (AvgIpc) is 2.96. The lowest BCUT2D eigenvalue weighted by atomic mass is 9.87. The van der Waals surface area contributed by atoms with Gasteiger partial charge in [-0.2, -0.15) is 0 Å². The number of ether oxygens (including phenoxy) is 2. The maximum atomic E-state index is 15.1. The molecule has 1 N–H and O–H groups in total. The van der Waals surface area contributed by atoms with Crippen molar-refractivity contribution >= 4 is 11.8 Å². The summed E-state index contributed by atoms with van der Waals surface area (Å²) in [6.07, 6.45) is 3.30. The number of carbonyl (C=O) groups is 1. The number of hydrogen-bond donors (Lipinski definition) is 1. The van der Waals surface area contributed by atoms with Crippen LogP contribution in [0, 0.1) is 24.5 Å². The molecule has 0 bridgehead atoms. The van der Waals surface area contributed by atoms with Gasteiger partial charge < -0.3 is 19.5 Å². The summed E-state index contributed by atoms with van der Waals surface area (Å²) in [5.74, 6) is -1.51. The van der Waals surface area contributed by atoms with E-state index in [1.165, 1.54) is 11.6 Å². The Bertz CT molecular complexity index is 1430. The lowest BCUT2D eigenvalue weighted by Gasteiger charge is -2.41. The van der Waals surface area contributed by atoms with Gasteiger partial charge in [0.05, 0.1) is 30.9 Å². The number of anilines is 1.